The van der Waals surface area contributed by atoms with E-state index in [4.69, 9.17) is 9.47 Å². The zero-order valence-corrected chi connectivity index (χ0v) is 28.8. The summed E-state index contributed by atoms with van der Waals surface area (Å²) < 4.78 is 12.2. The first-order chi connectivity index (χ1) is 20.7. The van der Waals surface area contributed by atoms with Crippen molar-refractivity contribution in [2.75, 3.05) is 13.2 Å². The highest BCUT2D eigenvalue weighted by atomic mass is 32.1. The molecule has 0 bridgehead atoms. The van der Waals surface area contributed by atoms with E-state index in [-0.39, 0.29) is 0 Å². The van der Waals surface area contributed by atoms with Crippen LogP contribution in [0, 0.1) is 0 Å². The van der Waals surface area contributed by atoms with E-state index in [1.54, 1.807) is 22.7 Å². The van der Waals surface area contributed by atoms with Gasteiger partial charge in [-0.25, -0.2) is 0 Å². The Labute approximate surface area is 272 Å². The maximum atomic E-state index is 6.12. The number of ether oxygens (including phenoxy) is 2. The van der Waals surface area contributed by atoms with E-state index in [0.717, 1.165) is 37.6 Å². The third-order valence-corrected chi connectivity index (χ3v) is 13.9. The van der Waals surface area contributed by atoms with E-state index in [9.17, 15) is 0 Å². The van der Waals surface area contributed by atoms with Crippen LogP contribution >= 0.6 is 68.0 Å². The van der Waals surface area contributed by atoms with Crippen molar-refractivity contribution in [1.29, 1.82) is 0 Å². The summed E-state index contributed by atoms with van der Waals surface area (Å²) in [6.45, 7) is 6.04. The first-order valence-corrected chi connectivity index (χ1v) is 19.6. The number of unbranched alkanes of at least 4 members (excludes halogenated alkanes) is 4. The van der Waals surface area contributed by atoms with Crippen LogP contribution in [0.4, 0.5) is 0 Å². The number of rotatable bonds is 15. The Morgan fingerprint density at radius 2 is 0.762 bits per heavy atom. The lowest BCUT2D eigenvalue weighted by Gasteiger charge is -2.05. The Kier molecular flexibility index (Phi) is 10.3. The Balaban J connectivity index is 1.13. The van der Waals surface area contributed by atoms with Gasteiger partial charge in [0.1, 0.15) is 11.5 Å². The highest BCUT2D eigenvalue weighted by molar-refractivity contribution is 7.30. The highest BCUT2D eigenvalue weighted by Crippen LogP contribution is 2.47. The van der Waals surface area contributed by atoms with E-state index >= 15 is 0 Å². The molecule has 0 aromatic carbocycles. The minimum absolute atomic E-state index is 0.794. The molecule has 0 amide bonds. The van der Waals surface area contributed by atoms with Crippen LogP contribution in [0.2, 0.25) is 0 Å². The fraction of sp³-hybridized carbons (Fsp3) is 0.294. The molecule has 0 unspecified atom stereocenters. The Bertz CT molecular complexity index is 1560. The van der Waals surface area contributed by atoms with Crippen molar-refractivity contribution in [1.82, 2.24) is 0 Å². The average molecular weight is 667 g/mol. The Morgan fingerprint density at radius 3 is 1.12 bits per heavy atom. The Morgan fingerprint density at radius 1 is 0.429 bits per heavy atom. The Hall–Kier alpha value is -2.20. The van der Waals surface area contributed by atoms with E-state index in [1.165, 1.54) is 74.5 Å². The summed E-state index contributed by atoms with van der Waals surface area (Å²) in [7, 11) is 0. The molecule has 6 rings (SSSR count). The molecule has 6 aromatic heterocycles. The van der Waals surface area contributed by atoms with E-state index < -0.39 is 0 Å². The smallest absolute Gasteiger partial charge is 0.138 e. The lowest BCUT2D eigenvalue weighted by molar-refractivity contribution is 0.308. The zero-order valence-electron chi connectivity index (χ0n) is 23.9. The van der Waals surface area contributed by atoms with Gasteiger partial charge in [0.2, 0.25) is 0 Å². The molecule has 0 atom stereocenters. The van der Waals surface area contributed by atoms with Gasteiger partial charge in [-0.2, -0.15) is 0 Å². The molecule has 6 aromatic rings. The first-order valence-electron chi connectivity index (χ1n) is 14.5. The lowest BCUT2D eigenvalue weighted by Crippen LogP contribution is -1.96. The molecule has 0 saturated heterocycles. The molecule has 0 saturated carbocycles. The monoisotopic (exact) mass is 666 g/mol. The van der Waals surface area contributed by atoms with Crippen LogP contribution in [0.15, 0.2) is 71.4 Å². The summed E-state index contributed by atoms with van der Waals surface area (Å²) in [5.41, 5.74) is 0. The van der Waals surface area contributed by atoms with Crippen molar-refractivity contribution in [2.45, 2.75) is 52.4 Å². The topological polar surface area (TPSA) is 18.5 Å². The van der Waals surface area contributed by atoms with Crippen LogP contribution in [0.1, 0.15) is 52.4 Å². The average Bonchev–Trinajstić information content (AvgIpc) is 3.82. The molecule has 6 heterocycles. The van der Waals surface area contributed by atoms with E-state index in [0.29, 0.717) is 0 Å². The van der Waals surface area contributed by atoms with Gasteiger partial charge in [-0.3, -0.25) is 0 Å². The molecule has 218 valence electrons. The largest absolute Gasteiger partial charge is 0.492 e. The molecule has 2 nitrogen and oxygen atoms in total. The van der Waals surface area contributed by atoms with Gasteiger partial charge in [0.25, 0.3) is 0 Å². The molecule has 0 N–H and O–H groups in total. The minimum atomic E-state index is 0.794. The van der Waals surface area contributed by atoms with Crippen LogP contribution in [-0.4, -0.2) is 13.2 Å². The van der Waals surface area contributed by atoms with Crippen LogP contribution < -0.4 is 9.47 Å². The quantitative estimate of drug-likeness (QED) is 0.102. The summed E-state index contributed by atoms with van der Waals surface area (Å²) in [4.78, 5) is 13.0. The number of hydrogen-bond donors (Lipinski definition) is 0. The van der Waals surface area contributed by atoms with Gasteiger partial charge in [0.05, 0.1) is 23.0 Å². The molecule has 0 aliphatic carbocycles. The fourth-order valence-electron chi connectivity index (χ4n) is 4.64. The molecule has 0 radical (unpaired) electrons. The van der Waals surface area contributed by atoms with Gasteiger partial charge in [0, 0.05) is 39.0 Å². The van der Waals surface area contributed by atoms with Crippen LogP contribution in [0.25, 0.3) is 48.8 Å². The molecule has 0 spiro atoms. The zero-order chi connectivity index (χ0) is 28.7. The van der Waals surface area contributed by atoms with Gasteiger partial charge >= 0.3 is 0 Å². The molecule has 8 heteroatoms. The first kappa shape index (κ1) is 29.9. The van der Waals surface area contributed by atoms with Crippen LogP contribution in [0.5, 0.6) is 11.5 Å². The number of thiophene rings is 6. The summed E-state index contributed by atoms with van der Waals surface area (Å²) in [5, 5.41) is 4.28. The lowest BCUT2D eigenvalue weighted by atomic mass is 10.3. The van der Waals surface area contributed by atoms with Crippen molar-refractivity contribution in [3.63, 3.8) is 0 Å². The van der Waals surface area contributed by atoms with Crippen LogP contribution in [-0.2, 0) is 0 Å². The predicted octanol–water partition coefficient (Wildman–Crippen LogP) is 13.5. The van der Waals surface area contributed by atoms with Crippen molar-refractivity contribution in [2.24, 2.45) is 0 Å². The van der Waals surface area contributed by atoms with E-state index in [1.807, 2.05) is 45.3 Å². The second-order valence-corrected chi connectivity index (χ2v) is 16.2. The summed E-state index contributed by atoms with van der Waals surface area (Å²) in [6, 6.07) is 22.3. The highest BCUT2D eigenvalue weighted by Gasteiger charge is 2.16. The van der Waals surface area contributed by atoms with Gasteiger partial charge in [-0.1, -0.05) is 39.5 Å². The third kappa shape index (κ3) is 6.95. The number of hydrogen-bond acceptors (Lipinski definition) is 8. The van der Waals surface area contributed by atoms with Crippen molar-refractivity contribution in [3.8, 4) is 60.3 Å². The standard InChI is InChI=1S/C34H34O2S6/c1-3-5-7-19-35-23-17-21-37-33(23)31-15-13-29(41-31)27-11-9-25(39-27)26-10-12-28(40-26)30-14-16-32(42-30)34-24(18-22-38-34)36-20-8-6-4-2/h9-18,21-22H,3-8,19-20H2,1-2H3. The van der Waals surface area contributed by atoms with Crippen LogP contribution in [0.3, 0.4) is 0 Å². The maximum absolute atomic E-state index is 6.12. The minimum Gasteiger partial charge on any atom is -0.492 e. The van der Waals surface area contributed by atoms with Crippen molar-refractivity contribution in [3.05, 3.63) is 71.4 Å². The maximum Gasteiger partial charge on any atom is 0.138 e. The molecular weight excluding hydrogens is 633 g/mol. The van der Waals surface area contributed by atoms with Gasteiger partial charge in [-0.15, -0.1) is 68.0 Å². The van der Waals surface area contributed by atoms with Gasteiger partial charge in [-0.05, 0) is 84.3 Å². The van der Waals surface area contributed by atoms with E-state index in [2.05, 4.69) is 85.3 Å². The summed E-state index contributed by atoms with van der Waals surface area (Å²) >= 11 is 11.0. The van der Waals surface area contributed by atoms with Gasteiger partial charge < -0.3 is 9.47 Å². The normalized spacial score (nSPS) is 11.4. The summed E-state index contributed by atoms with van der Waals surface area (Å²) in [5.74, 6) is 2.04. The summed E-state index contributed by atoms with van der Waals surface area (Å²) in [6.07, 6.45) is 7.08. The predicted molar refractivity (Wildman–Crippen MR) is 191 cm³/mol. The molecule has 0 aliphatic rings. The van der Waals surface area contributed by atoms with Crippen molar-refractivity contribution >= 4 is 68.0 Å². The molecule has 0 aliphatic heterocycles. The van der Waals surface area contributed by atoms with Gasteiger partial charge in [0.15, 0.2) is 0 Å². The van der Waals surface area contributed by atoms with Crippen molar-refractivity contribution < 1.29 is 9.47 Å². The molecule has 42 heavy (non-hydrogen) atoms. The third-order valence-electron chi connectivity index (χ3n) is 6.87. The molecular formula is C34H34O2S6. The second kappa shape index (κ2) is 14.5. The SMILES string of the molecule is CCCCCOc1ccsc1-c1ccc(-c2ccc(-c3ccc(-c4ccc(-c5sccc5OCCCCC)s4)s3)s2)s1. The second-order valence-electron chi connectivity index (χ2n) is 9.99. The molecule has 0 fully saturated rings. The fourth-order valence-corrected chi connectivity index (χ4v) is 10.9.